The molecule has 5 nitrogen and oxygen atoms in total. The van der Waals surface area contributed by atoms with Gasteiger partial charge in [-0.3, -0.25) is 4.99 Å². The summed E-state index contributed by atoms with van der Waals surface area (Å²) in [6.45, 7) is 3.59. The Morgan fingerprint density at radius 1 is 1.43 bits per heavy atom. The summed E-state index contributed by atoms with van der Waals surface area (Å²) < 4.78 is 8.52. The number of fused-ring (bicyclic) bond motifs is 1. The van der Waals surface area contributed by atoms with Crippen LogP contribution in [0.2, 0.25) is 0 Å². The SMILES string of the molecule is CC1=N[C@@H]2[C@@H](O)[C@H](O)[C@@H](C)O[C@@H]2NS1. The van der Waals surface area contributed by atoms with Gasteiger partial charge in [-0.05, 0) is 25.8 Å². The Hall–Kier alpha value is -0.140. The van der Waals surface area contributed by atoms with Crippen molar-refractivity contribution >= 4 is 17.0 Å². The first-order valence-electron chi connectivity index (χ1n) is 4.58. The molecule has 0 spiro atoms. The van der Waals surface area contributed by atoms with E-state index in [9.17, 15) is 10.2 Å². The number of hydrogen-bond donors (Lipinski definition) is 3. The normalized spacial score (nSPS) is 48.3. The molecule has 0 amide bonds. The van der Waals surface area contributed by atoms with Crippen molar-refractivity contribution in [1.82, 2.24) is 4.72 Å². The molecule has 14 heavy (non-hydrogen) atoms. The summed E-state index contributed by atoms with van der Waals surface area (Å²) in [5.41, 5.74) is 0. The smallest absolute Gasteiger partial charge is 0.143 e. The highest BCUT2D eigenvalue weighted by Gasteiger charge is 2.44. The third-order valence-corrected chi connectivity index (χ3v) is 3.26. The van der Waals surface area contributed by atoms with Gasteiger partial charge in [0.05, 0.1) is 11.1 Å². The van der Waals surface area contributed by atoms with Crippen LogP contribution < -0.4 is 4.72 Å². The molecular formula is C8H14N2O3S. The summed E-state index contributed by atoms with van der Waals surface area (Å²) in [7, 11) is 0. The number of aliphatic hydroxyl groups excluding tert-OH is 2. The van der Waals surface area contributed by atoms with Crippen molar-refractivity contribution in [3.63, 3.8) is 0 Å². The summed E-state index contributed by atoms with van der Waals surface area (Å²) in [6, 6.07) is -0.401. The number of nitrogens with one attached hydrogen (secondary N) is 1. The van der Waals surface area contributed by atoms with E-state index in [4.69, 9.17) is 4.74 Å². The lowest BCUT2D eigenvalue weighted by Gasteiger charge is -2.41. The average molecular weight is 218 g/mol. The summed E-state index contributed by atoms with van der Waals surface area (Å²) in [5, 5.41) is 20.2. The van der Waals surface area contributed by atoms with Gasteiger partial charge in [-0.1, -0.05) is 0 Å². The predicted octanol–water partition coefficient (Wildman–Crippen LogP) is -0.509. The highest BCUT2D eigenvalue weighted by Crippen LogP contribution is 2.26. The van der Waals surface area contributed by atoms with Crippen LogP contribution in [-0.2, 0) is 4.74 Å². The van der Waals surface area contributed by atoms with Crippen LogP contribution in [0.25, 0.3) is 0 Å². The minimum absolute atomic E-state index is 0.308. The first-order chi connectivity index (χ1) is 6.59. The Bertz CT molecular complexity index is 261. The first-order valence-corrected chi connectivity index (χ1v) is 5.39. The molecule has 5 atom stereocenters. The maximum Gasteiger partial charge on any atom is 0.143 e. The number of aliphatic hydroxyl groups is 2. The zero-order chi connectivity index (χ0) is 10.3. The Kier molecular flexibility index (Phi) is 2.81. The van der Waals surface area contributed by atoms with Crippen LogP contribution in [0.4, 0.5) is 0 Å². The molecule has 0 aromatic carbocycles. The molecule has 6 heteroatoms. The molecule has 2 aliphatic heterocycles. The quantitative estimate of drug-likeness (QED) is 0.478. The molecule has 2 rings (SSSR count). The zero-order valence-electron chi connectivity index (χ0n) is 8.04. The molecule has 0 bridgehead atoms. The molecule has 3 N–H and O–H groups in total. The first kappa shape index (κ1) is 10.4. The van der Waals surface area contributed by atoms with Crippen LogP contribution in [-0.4, -0.2) is 45.8 Å². The van der Waals surface area contributed by atoms with E-state index in [2.05, 4.69) is 9.71 Å². The lowest BCUT2D eigenvalue weighted by atomic mass is 9.97. The van der Waals surface area contributed by atoms with Gasteiger partial charge in [0, 0.05) is 0 Å². The van der Waals surface area contributed by atoms with E-state index in [1.807, 2.05) is 6.92 Å². The van der Waals surface area contributed by atoms with Crippen molar-refractivity contribution in [2.24, 2.45) is 4.99 Å². The van der Waals surface area contributed by atoms with Crippen molar-refractivity contribution in [3.8, 4) is 0 Å². The molecule has 1 saturated heterocycles. The van der Waals surface area contributed by atoms with Crippen LogP contribution in [0, 0.1) is 0 Å². The van der Waals surface area contributed by atoms with E-state index in [-0.39, 0.29) is 12.3 Å². The van der Waals surface area contributed by atoms with Gasteiger partial charge >= 0.3 is 0 Å². The van der Waals surface area contributed by atoms with E-state index in [1.165, 1.54) is 11.9 Å². The lowest BCUT2D eigenvalue weighted by molar-refractivity contribution is -0.173. The van der Waals surface area contributed by atoms with Gasteiger partial charge in [-0.15, -0.1) is 0 Å². The topological polar surface area (TPSA) is 74.1 Å². The van der Waals surface area contributed by atoms with Crippen molar-refractivity contribution in [2.45, 2.75) is 44.4 Å². The Morgan fingerprint density at radius 3 is 2.86 bits per heavy atom. The van der Waals surface area contributed by atoms with Crippen molar-refractivity contribution in [3.05, 3.63) is 0 Å². The number of aliphatic imine (C=N–C) groups is 1. The van der Waals surface area contributed by atoms with Gasteiger partial charge in [0.1, 0.15) is 24.5 Å². The van der Waals surface area contributed by atoms with Gasteiger partial charge in [-0.25, -0.2) is 4.72 Å². The van der Waals surface area contributed by atoms with Gasteiger partial charge in [0.25, 0.3) is 0 Å². The Balaban J connectivity index is 2.19. The average Bonchev–Trinajstić information content (AvgIpc) is 2.16. The number of nitrogens with zero attached hydrogens (tertiary/aromatic N) is 1. The second kappa shape index (κ2) is 3.79. The standard InChI is InChI=1S/C8H14N2O3S/c1-3-6(11)7(12)5-8(13-3)10-14-4(2)9-5/h3,5-8,10-12H,1-2H3/t3-,5-,6-,7-,8+/m1/s1. The largest absolute Gasteiger partial charge is 0.388 e. The molecule has 2 aliphatic rings. The van der Waals surface area contributed by atoms with Crippen LogP contribution in [0.15, 0.2) is 4.99 Å². The van der Waals surface area contributed by atoms with E-state index in [1.54, 1.807) is 6.92 Å². The molecule has 0 radical (unpaired) electrons. The van der Waals surface area contributed by atoms with Gasteiger partial charge in [-0.2, -0.15) is 0 Å². The molecule has 0 aromatic rings. The third kappa shape index (κ3) is 1.68. The number of hydrogen-bond acceptors (Lipinski definition) is 6. The molecule has 2 heterocycles. The van der Waals surface area contributed by atoms with Crippen LogP contribution in [0.3, 0.4) is 0 Å². The van der Waals surface area contributed by atoms with E-state index >= 15 is 0 Å². The lowest BCUT2D eigenvalue weighted by Crippen LogP contribution is -2.60. The van der Waals surface area contributed by atoms with Gasteiger partial charge < -0.3 is 14.9 Å². The minimum Gasteiger partial charge on any atom is -0.388 e. The second-order valence-electron chi connectivity index (χ2n) is 3.60. The predicted molar refractivity (Wildman–Crippen MR) is 54.0 cm³/mol. The molecule has 0 aliphatic carbocycles. The van der Waals surface area contributed by atoms with E-state index in [0.29, 0.717) is 0 Å². The zero-order valence-corrected chi connectivity index (χ0v) is 8.86. The van der Waals surface area contributed by atoms with Gasteiger partial charge in [0.15, 0.2) is 0 Å². The van der Waals surface area contributed by atoms with Crippen molar-refractivity contribution < 1.29 is 14.9 Å². The number of rotatable bonds is 0. The van der Waals surface area contributed by atoms with Crippen LogP contribution >= 0.6 is 11.9 Å². The Morgan fingerprint density at radius 2 is 2.14 bits per heavy atom. The van der Waals surface area contributed by atoms with Crippen LogP contribution in [0.1, 0.15) is 13.8 Å². The maximum absolute atomic E-state index is 9.77. The molecular weight excluding hydrogens is 204 g/mol. The summed E-state index contributed by atoms with van der Waals surface area (Å²) in [4.78, 5) is 4.25. The molecule has 1 fully saturated rings. The summed E-state index contributed by atoms with van der Waals surface area (Å²) in [5.74, 6) is 0. The molecule has 80 valence electrons. The van der Waals surface area contributed by atoms with E-state index < -0.39 is 18.2 Å². The summed E-state index contributed by atoms with van der Waals surface area (Å²) in [6.07, 6.45) is -2.39. The monoisotopic (exact) mass is 218 g/mol. The highest BCUT2D eigenvalue weighted by atomic mass is 32.2. The Labute approximate surface area is 86.7 Å². The molecule has 0 saturated carbocycles. The fourth-order valence-corrected chi connectivity index (χ4v) is 2.33. The molecule has 0 aromatic heterocycles. The fourth-order valence-electron chi connectivity index (χ4n) is 1.67. The maximum atomic E-state index is 9.77. The third-order valence-electron chi connectivity index (χ3n) is 2.51. The molecule has 0 unspecified atom stereocenters. The van der Waals surface area contributed by atoms with Gasteiger partial charge in [0.2, 0.25) is 0 Å². The minimum atomic E-state index is -0.863. The highest BCUT2D eigenvalue weighted by molar-refractivity contribution is 8.12. The van der Waals surface area contributed by atoms with Crippen LogP contribution in [0.5, 0.6) is 0 Å². The second-order valence-corrected chi connectivity index (χ2v) is 4.63. The number of ether oxygens (including phenoxy) is 1. The van der Waals surface area contributed by atoms with E-state index in [0.717, 1.165) is 5.04 Å². The van der Waals surface area contributed by atoms with Crippen molar-refractivity contribution in [2.75, 3.05) is 0 Å². The fraction of sp³-hybridized carbons (Fsp3) is 0.875. The summed E-state index contributed by atoms with van der Waals surface area (Å²) >= 11 is 1.39. The van der Waals surface area contributed by atoms with Crippen molar-refractivity contribution in [1.29, 1.82) is 0 Å².